The maximum atomic E-state index is 13.0. The summed E-state index contributed by atoms with van der Waals surface area (Å²) in [5, 5.41) is 9.85. The fourth-order valence-electron chi connectivity index (χ4n) is 3.53. The predicted octanol–water partition coefficient (Wildman–Crippen LogP) is 1.92. The largest absolute Gasteiger partial charge is 0.495 e. The molecule has 1 aromatic rings. The molecule has 5 heteroatoms. The van der Waals surface area contributed by atoms with Crippen LogP contribution in [0.1, 0.15) is 41.3 Å². The Labute approximate surface area is 130 Å². The van der Waals surface area contributed by atoms with Gasteiger partial charge in [-0.05, 0) is 37.0 Å². The summed E-state index contributed by atoms with van der Waals surface area (Å²) in [6, 6.07) is 1.88. The third-order valence-corrected chi connectivity index (χ3v) is 4.57. The fourth-order valence-corrected chi connectivity index (χ4v) is 3.53. The maximum Gasteiger partial charge on any atom is 0.261 e. The molecular weight excluding hydrogens is 282 g/mol. The molecule has 3 rings (SSSR count). The highest BCUT2D eigenvalue weighted by Gasteiger charge is 2.40. The first kappa shape index (κ1) is 15.2. The molecule has 2 heterocycles. The van der Waals surface area contributed by atoms with E-state index in [0.29, 0.717) is 36.6 Å². The fraction of sp³-hybridized carbons (Fsp3) is 0.588. The number of aliphatic hydroxyl groups is 1. The minimum absolute atomic E-state index is 0.0606. The third kappa shape index (κ3) is 2.33. The van der Waals surface area contributed by atoms with Crippen LogP contribution in [0.3, 0.4) is 0 Å². The molecule has 1 amide bonds. The molecular formula is C17H23NO4. The lowest BCUT2D eigenvalue weighted by molar-refractivity contribution is 0.0707. The lowest BCUT2D eigenvalue weighted by Gasteiger charge is -2.22. The highest BCUT2D eigenvalue weighted by molar-refractivity contribution is 6.01. The van der Waals surface area contributed by atoms with Gasteiger partial charge in [-0.3, -0.25) is 4.79 Å². The Morgan fingerprint density at radius 1 is 1.50 bits per heavy atom. The summed E-state index contributed by atoms with van der Waals surface area (Å²) in [4.78, 5) is 14.7. The molecule has 1 aromatic carbocycles. The molecule has 1 fully saturated rings. The molecule has 0 spiro atoms. The quantitative estimate of drug-likeness (QED) is 0.927. The second kappa shape index (κ2) is 5.80. The van der Waals surface area contributed by atoms with Gasteiger partial charge in [-0.15, -0.1) is 0 Å². The minimum Gasteiger partial charge on any atom is -0.495 e. The monoisotopic (exact) mass is 305 g/mol. The van der Waals surface area contributed by atoms with E-state index in [1.54, 1.807) is 12.0 Å². The van der Waals surface area contributed by atoms with Gasteiger partial charge in [0.2, 0.25) is 0 Å². The van der Waals surface area contributed by atoms with Gasteiger partial charge < -0.3 is 19.5 Å². The zero-order chi connectivity index (χ0) is 15.9. The van der Waals surface area contributed by atoms with Crippen LogP contribution in [0.25, 0.3) is 0 Å². The van der Waals surface area contributed by atoms with Crippen molar-refractivity contribution in [2.45, 2.75) is 45.3 Å². The highest BCUT2D eigenvalue weighted by Crippen LogP contribution is 2.39. The van der Waals surface area contributed by atoms with Crippen molar-refractivity contribution in [3.8, 4) is 11.5 Å². The number of aryl methyl sites for hydroxylation is 1. The van der Waals surface area contributed by atoms with Gasteiger partial charge in [0.1, 0.15) is 23.7 Å². The van der Waals surface area contributed by atoms with Crippen molar-refractivity contribution in [1.29, 1.82) is 0 Å². The SMILES string of the molecule is CCCc1c(C)cc2c(c1OC)C(=O)N1C[C@@H](O)C[C@@H]1CO2. The van der Waals surface area contributed by atoms with E-state index in [1.165, 1.54) is 0 Å². The van der Waals surface area contributed by atoms with Crippen molar-refractivity contribution < 1.29 is 19.4 Å². The van der Waals surface area contributed by atoms with Gasteiger partial charge in [-0.25, -0.2) is 0 Å². The van der Waals surface area contributed by atoms with Gasteiger partial charge in [0, 0.05) is 6.54 Å². The number of aliphatic hydroxyl groups excluding tert-OH is 1. The third-order valence-electron chi connectivity index (χ3n) is 4.57. The van der Waals surface area contributed by atoms with Gasteiger partial charge in [0.25, 0.3) is 5.91 Å². The van der Waals surface area contributed by atoms with Crippen molar-refractivity contribution in [3.05, 3.63) is 22.8 Å². The van der Waals surface area contributed by atoms with Crippen molar-refractivity contribution in [1.82, 2.24) is 4.90 Å². The summed E-state index contributed by atoms with van der Waals surface area (Å²) in [6.45, 7) is 4.92. The standard InChI is InChI=1S/C17H23NO4/c1-4-5-13-10(2)6-14-15(16(13)21-3)17(20)18-8-12(19)7-11(18)9-22-14/h6,11-12,19H,4-5,7-9H2,1-3H3/t11-,12+/m1/s1. The van der Waals surface area contributed by atoms with Crippen LogP contribution in [0.5, 0.6) is 11.5 Å². The minimum atomic E-state index is -0.467. The first-order valence-electron chi connectivity index (χ1n) is 7.89. The number of benzene rings is 1. The normalized spacial score (nSPS) is 23.6. The van der Waals surface area contributed by atoms with Gasteiger partial charge in [0.15, 0.2) is 0 Å². The van der Waals surface area contributed by atoms with E-state index < -0.39 is 6.10 Å². The topological polar surface area (TPSA) is 59.0 Å². The first-order chi connectivity index (χ1) is 10.6. The number of nitrogens with zero attached hydrogens (tertiary/aromatic N) is 1. The second-order valence-electron chi connectivity index (χ2n) is 6.14. The van der Waals surface area contributed by atoms with Crippen LogP contribution < -0.4 is 9.47 Å². The van der Waals surface area contributed by atoms with Gasteiger partial charge in [-0.2, -0.15) is 0 Å². The molecule has 0 aliphatic carbocycles. The van der Waals surface area contributed by atoms with Crippen LogP contribution in [0.2, 0.25) is 0 Å². The Hall–Kier alpha value is -1.75. The molecule has 120 valence electrons. The summed E-state index contributed by atoms with van der Waals surface area (Å²) in [5.41, 5.74) is 2.67. The Kier molecular flexibility index (Phi) is 4.00. The number of methoxy groups -OCH3 is 1. The van der Waals surface area contributed by atoms with E-state index >= 15 is 0 Å². The maximum absolute atomic E-state index is 13.0. The van der Waals surface area contributed by atoms with Gasteiger partial charge in [0.05, 0.1) is 19.3 Å². The molecule has 2 aliphatic heterocycles. The molecule has 0 aromatic heterocycles. The predicted molar refractivity (Wildman–Crippen MR) is 82.7 cm³/mol. The number of ether oxygens (including phenoxy) is 2. The van der Waals surface area contributed by atoms with Crippen molar-refractivity contribution in [2.24, 2.45) is 0 Å². The molecule has 5 nitrogen and oxygen atoms in total. The van der Waals surface area contributed by atoms with E-state index in [1.807, 2.05) is 13.0 Å². The van der Waals surface area contributed by atoms with Crippen LogP contribution in [-0.4, -0.2) is 48.3 Å². The van der Waals surface area contributed by atoms with Crippen molar-refractivity contribution in [3.63, 3.8) is 0 Å². The summed E-state index contributed by atoms with van der Waals surface area (Å²) >= 11 is 0. The number of hydrogen-bond donors (Lipinski definition) is 1. The van der Waals surface area contributed by atoms with Crippen LogP contribution in [0.15, 0.2) is 6.07 Å². The van der Waals surface area contributed by atoms with Gasteiger partial charge >= 0.3 is 0 Å². The number of hydrogen-bond acceptors (Lipinski definition) is 4. The summed E-state index contributed by atoms with van der Waals surface area (Å²) in [7, 11) is 1.60. The zero-order valence-corrected chi connectivity index (χ0v) is 13.4. The van der Waals surface area contributed by atoms with Crippen LogP contribution in [-0.2, 0) is 6.42 Å². The summed E-state index contributed by atoms with van der Waals surface area (Å²) < 4.78 is 11.5. The average molecular weight is 305 g/mol. The van der Waals surface area contributed by atoms with Crippen LogP contribution in [0.4, 0.5) is 0 Å². The lowest BCUT2D eigenvalue weighted by atomic mass is 9.97. The molecule has 0 saturated carbocycles. The Morgan fingerprint density at radius 3 is 2.95 bits per heavy atom. The van der Waals surface area contributed by atoms with Crippen LogP contribution >= 0.6 is 0 Å². The molecule has 0 radical (unpaired) electrons. The van der Waals surface area contributed by atoms with E-state index in [9.17, 15) is 9.90 Å². The second-order valence-corrected chi connectivity index (χ2v) is 6.14. The van der Waals surface area contributed by atoms with E-state index in [2.05, 4.69) is 6.92 Å². The molecule has 22 heavy (non-hydrogen) atoms. The van der Waals surface area contributed by atoms with Crippen LogP contribution in [0, 0.1) is 6.92 Å². The number of carbonyl (C=O) groups excluding carboxylic acids is 1. The lowest BCUT2D eigenvalue weighted by Crippen LogP contribution is -2.37. The molecule has 1 N–H and O–H groups in total. The molecule has 0 unspecified atom stereocenters. The van der Waals surface area contributed by atoms with E-state index in [-0.39, 0.29) is 11.9 Å². The number of carbonyl (C=O) groups is 1. The Bertz CT molecular complexity index is 599. The zero-order valence-electron chi connectivity index (χ0n) is 13.4. The van der Waals surface area contributed by atoms with Crippen molar-refractivity contribution >= 4 is 5.91 Å². The Morgan fingerprint density at radius 2 is 2.27 bits per heavy atom. The molecule has 1 saturated heterocycles. The van der Waals surface area contributed by atoms with E-state index in [4.69, 9.17) is 9.47 Å². The Balaban J connectivity index is 2.12. The molecule has 2 atom stereocenters. The summed E-state index contributed by atoms with van der Waals surface area (Å²) in [5.74, 6) is 1.13. The molecule has 2 aliphatic rings. The summed E-state index contributed by atoms with van der Waals surface area (Å²) in [6.07, 6.45) is 1.95. The molecule has 0 bridgehead atoms. The number of rotatable bonds is 3. The van der Waals surface area contributed by atoms with Gasteiger partial charge in [-0.1, -0.05) is 13.3 Å². The smallest absolute Gasteiger partial charge is 0.261 e. The number of amides is 1. The highest BCUT2D eigenvalue weighted by atomic mass is 16.5. The average Bonchev–Trinajstić information content (AvgIpc) is 2.82. The first-order valence-corrected chi connectivity index (χ1v) is 7.89. The number of fused-ring (bicyclic) bond motifs is 2. The van der Waals surface area contributed by atoms with E-state index in [0.717, 1.165) is 24.0 Å². The van der Waals surface area contributed by atoms with Crippen molar-refractivity contribution in [2.75, 3.05) is 20.3 Å².